The Morgan fingerprint density at radius 1 is 1.11 bits per heavy atom. The molecule has 0 radical (unpaired) electrons. The second-order valence-corrected chi connectivity index (χ2v) is 5.71. The largest absolute Gasteiger partial charge is 0.320 e. The van der Waals surface area contributed by atoms with Gasteiger partial charge in [-0.3, -0.25) is 14.5 Å². The van der Waals surface area contributed by atoms with Gasteiger partial charge in [0.1, 0.15) is 6.54 Å². The SMILES string of the molecule is CC1CCCC(C)[NH+]1CC#CCN1C(=O)CCC1=O. The molecule has 2 amide bonds. The average molecular weight is 263 g/mol. The number of amides is 2. The number of carbonyl (C=O) groups is 2. The highest BCUT2D eigenvalue weighted by Crippen LogP contribution is 2.10. The van der Waals surface area contributed by atoms with E-state index >= 15 is 0 Å². The maximum atomic E-state index is 11.4. The third-order valence-electron chi connectivity index (χ3n) is 4.35. The van der Waals surface area contributed by atoms with Gasteiger partial charge in [-0.15, -0.1) is 0 Å². The lowest BCUT2D eigenvalue weighted by Gasteiger charge is -2.34. The number of nitrogens with one attached hydrogen (secondary N) is 1. The van der Waals surface area contributed by atoms with E-state index in [1.54, 1.807) is 0 Å². The summed E-state index contributed by atoms with van der Waals surface area (Å²) in [5.74, 6) is 5.99. The van der Waals surface area contributed by atoms with Crippen molar-refractivity contribution >= 4 is 11.8 Å². The van der Waals surface area contributed by atoms with Crippen molar-refractivity contribution in [1.29, 1.82) is 0 Å². The van der Waals surface area contributed by atoms with E-state index in [0.29, 0.717) is 24.9 Å². The molecule has 0 aromatic rings. The van der Waals surface area contributed by atoms with Gasteiger partial charge in [-0.1, -0.05) is 5.92 Å². The fraction of sp³-hybridized carbons (Fsp3) is 0.733. The molecule has 1 N–H and O–H groups in total. The lowest BCUT2D eigenvalue weighted by atomic mass is 9.98. The molecular weight excluding hydrogens is 240 g/mol. The number of nitrogens with zero attached hydrogens (tertiary/aromatic N) is 1. The van der Waals surface area contributed by atoms with E-state index in [2.05, 4.69) is 25.7 Å². The highest BCUT2D eigenvalue weighted by Gasteiger charge is 2.28. The molecule has 2 fully saturated rings. The summed E-state index contributed by atoms with van der Waals surface area (Å²) in [6.07, 6.45) is 4.56. The maximum Gasteiger partial charge on any atom is 0.230 e. The number of piperidine rings is 1. The highest BCUT2D eigenvalue weighted by atomic mass is 16.2. The lowest BCUT2D eigenvalue weighted by Crippen LogP contribution is -3.19. The van der Waals surface area contributed by atoms with Gasteiger partial charge in [0.15, 0.2) is 0 Å². The zero-order chi connectivity index (χ0) is 13.8. The highest BCUT2D eigenvalue weighted by molar-refractivity contribution is 6.02. The second-order valence-electron chi connectivity index (χ2n) is 5.71. The van der Waals surface area contributed by atoms with Gasteiger partial charge in [-0.05, 0) is 39.0 Å². The molecule has 2 saturated heterocycles. The molecule has 4 heteroatoms. The third-order valence-corrected chi connectivity index (χ3v) is 4.35. The van der Waals surface area contributed by atoms with Crippen LogP contribution in [0.25, 0.3) is 0 Å². The summed E-state index contributed by atoms with van der Waals surface area (Å²) in [6, 6.07) is 1.32. The van der Waals surface area contributed by atoms with Crippen LogP contribution >= 0.6 is 0 Å². The maximum absolute atomic E-state index is 11.4. The molecule has 2 heterocycles. The van der Waals surface area contributed by atoms with Gasteiger partial charge >= 0.3 is 0 Å². The monoisotopic (exact) mass is 263 g/mol. The first-order valence-corrected chi connectivity index (χ1v) is 7.24. The summed E-state index contributed by atoms with van der Waals surface area (Å²) >= 11 is 0. The number of carbonyl (C=O) groups excluding carboxylic acids is 2. The smallest absolute Gasteiger partial charge is 0.230 e. The molecule has 2 aliphatic rings. The summed E-state index contributed by atoms with van der Waals surface area (Å²) in [5, 5.41) is 0. The van der Waals surface area contributed by atoms with Gasteiger partial charge < -0.3 is 4.90 Å². The van der Waals surface area contributed by atoms with Crippen molar-refractivity contribution in [2.24, 2.45) is 0 Å². The molecule has 4 nitrogen and oxygen atoms in total. The van der Waals surface area contributed by atoms with Gasteiger partial charge in [0, 0.05) is 12.8 Å². The van der Waals surface area contributed by atoms with Crippen molar-refractivity contribution in [3.63, 3.8) is 0 Å². The fourth-order valence-electron chi connectivity index (χ4n) is 3.03. The van der Waals surface area contributed by atoms with Gasteiger partial charge in [0.05, 0.1) is 18.6 Å². The first-order chi connectivity index (χ1) is 9.09. The third kappa shape index (κ3) is 3.36. The normalized spacial score (nSPS) is 31.3. The van der Waals surface area contributed by atoms with Crippen LogP contribution in [0.3, 0.4) is 0 Å². The van der Waals surface area contributed by atoms with E-state index in [1.165, 1.54) is 29.1 Å². The van der Waals surface area contributed by atoms with Crippen molar-refractivity contribution in [3.8, 4) is 11.8 Å². The van der Waals surface area contributed by atoms with Crippen LogP contribution in [-0.4, -0.2) is 41.9 Å². The summed E-state index contributed by atoms with van der Waals surface area (Å²) in [4.78, 5) is 25.7. The topological polar surface area (TPSA) is 41.8 Å². The predicted octanol–water partition coefficient (Wildman–Crippen LogP) is -0.0154. The minimum atomic E-state index is -0.0774. The van der Waals surface area contributed by atoms with Crippen LogP contribution in [0.15, 0.2) is 0 Å². The quantitative estimate of drug-likeness (QED) is 0.562. The fourth-order valence-corrected chi connectivity index (χ4v) is 3.03. The van der Waals surface area contributed by atoms with Gasteiger partial charge in [-0.2, -0.15) is 0 Å². The molecule has 0 saturated carbocycles. The molecule has 0 bridgehead atoms. The number of likely N-dealkylation sites (tertiary alicyclic amines) is 2. The van der Waals surface area contributed by atoms with E-state index < -0.39 is 0 Å². The zero-order valence-corrected chi connectivity index (χ0v) is 11.9. The lowest BCUT2D eigenvalue weighted by molar-refractivity contribution is -0.944. The number of imide groups is 1. The Hall–Kier alpha value is -1.34. The molecule has 104 valence electrons. The minimum absolute atomic E-state index is 0.0774. The first-order valence-electron chi connectivity index (χ1n) is 7.24. The van der Waals surface area contributed by atoms with E-state index in [-0.39, 0.29) is 18.4 Å². The predicted molar refractivity (Wildman–Crippen MR) is 72.3 cm³/mol. The van der Waals surface area contributed by atoms with Crippen molar-refractivity contribution in [2.45, 2.75) is 58.0 Å². The first kappa shape index (κ1) is 14.1. The summed E-state index contributed by atoms with van der Waals surface area (Å²) < 4.78 is 0. The molecule has 2 rings (SSSR count). The van der Waals surface area contributed by atoms with E-state index in [4.69, 9.17) is 0 Å². The molecule has 2 atom stereocenters. The second kappa shape index (κ2) is 6.21. The number of quaternary nitrogens is 1. The van der Waals surface area contributed by atoms with Crippen molar-refractivity contribution < 1.29 is 14.5 Å². The van der Waals surface area contributed by atoms with Gasteiger partial charge in [-0.25, -0.2) is 0 Å². The van der Waals surface area contributed by atoms with Crippen molar-refractivity contribution in [2.75, 3.05) is 13.1 Å². The van der Waals surface area contributed by atoms with Crippen LogP contribution in [0.2, 0.25) is 0 Å². The Labute approximate surface area is 115 Å². The van der Waals surface area contributed by atoms with Crippen LogP contribution in [0.1, 0.15) is 46.0 Å². The van der Waals surface area contributed by atoms with Crippen LogP contribution in [0, 0.1) is 11.8 Å². The standard InChI is InChI=1S/C15H22N2O2/c1-12-6-5-7-13(2)16(12)10-3-4-11-17-14(18)8-9-15(17)19/h12-13H,5-11H2,1-2H3/p+1. The van der Waals surface area contributed by atoms with Crippen molar-refractivity contribution in [1.82, 2.24) is 4.90 Å². The van der Waals surface area contributed by atoms with Crippen LogP contribution in [-0.2, 0) is 9.59 Å². The Morgan fingerprint density at radius 2 is 1.68 bits per heavy atom. The zero-order valence-electron chi connectivity index (χ0n) is 11.9. The van der Waals surface area contributed by atoms with Crippen LogP contribution in [0.4, 0.5) is 0 Å². The molecule has 0 spiro atoms. The molecule has 0 aromatic carbocycles. The van der Waals surface area contributed by atoms with Gasteiger partial charge in [0.25, 0.3) is 0 Å². The molecule has 0 aliphatic carbocycles. The Kier molecular flexibility index (Phi) is 4.60. The Morgan fingerprint density at radius 3 is 2.26 bits per heavy atom. The van der Waals surface area contributed by atoms with E-state index in [9.17, 15) is 9.59 Å². The molecule has 2 unspecified atom stereocenters. The number of hydrogen-bond acceptors (Lipinski definition) is 2. The summed E-state index contributed by atoms with van der Waals surface area (Å²) in [6.45, 7) is 5.65. The molecular formula is C15H23N2O2+. The average Bonchev–Trinajstić information content (AvgIpc) is 2.68. The minimum Gasteiger partial charge on any atom is -0.320 e. The van der Waals surface area contributed by atoms with Gasteiger partial charge in [0.2, 0.25) is 11.8 Å². The van der Waals surface area contributed by atoms with Crippen LogP contribution in [0.5, 0.6) is 0 Å². The molecule has 0 aromatic heterocycles. The van der Waals surface area contributed by atoms with Crippen LogP contribution < -0.4 is 4.90 Å². The summed E-state index contributed by atoms with van der Waals surface area (Å²) in [7, 11) is 0. The number of rotatable bonds is 2. The summed E-state index contributed by atoms with van der Waals surface area (Å²) in [5.41, 5.74) is 0. The van der Waals surface area contributed by atoms with E-state index in [0.717, 1.165) is 6.54 Å². The molecule has 19 heavy (non-hydrogen) atoms. The van der Waals surface area contributed by atoms with Crippen molar-refractivity contribution in [3.05, 3.63) is 0 Å². The van der Waals surface area contributed by atoms with E-state index in [1.807, 2.05) is 0 Å². The number of hydrogen-bond donors (Lipinski definition) is 1. The Balaban J connectivity index is 1.83. The molecule has 2 aliphatic heterocycles. The Bertz CT molecular complexity index is 396.